The molecule has 5 nitrogen and oxygen atoms in total. The van der Waals surface area contributed by atoms with Crippen LogP contribution in [0.1, 0.15) is 45.4 Å². The summed E-state index contributed by atoms with van der Waals surface area (Å²) in [5.74, 6) is -0.164. The summed E-state index contributed by atoms with van der Waals surface area (Å²) in [5.41, 5.74) is 4.99. The Morgan fingerprint density at radius 2 is 2.25 bits per heavy atom. The van der Waals surface area contributed by atoms with E-state index < -0.39 is 5.54 Å². The molecule has 0 aromatic rings. The van der Waals surface area contributed by atoms with Crippen molar-refractivity contribution in [3.8, 4) is 6.07 Å². The van der Waals surface area contributed by atoms with Crippen LogP contribution in [0.25, 0.3) is 0 Å². The Morgan fingerprint density at radius 1 is 1.50 bits per heavy atom. The van der Waals surface area contributed by atoms with Gasteiger partial charge in [-0.1, -0.05) is 0 Å². The van der Waals surface area contributed by atoms with Crippen LogP contribution in [0.5, 0.6) is 0 Å². The monoisotopic (exact) mass is 278 g/mol. The first-order chi connectivity index (χ1) is 9.52. The number of primary amides is 1. The minimum atomic E-state index is -0.403. The topological polar surface area (TPSA) is 82.2 Å². The number of nitriles is 1. The lowest BCUT2D eigenvalue weighted by Crippen LogP contribution is -2.44. The van der Waals surface area contributed by atoms with Crippen molar-refractivity contribution in [1.82, 2.24) is 10.2 Å². The summed E-state index contributed by atoms with van der Waals surface area (Å²) in [5, 5.41) is 12.8. The summed E-state index contributed by atoms with van der Waals surface area (Å²) in [7, 11) is 0. The maximum absolute atomic E-state index is 11.3. The molecule has 2 fully saturated rings. The number of nitrogens with one attached hydrogen (secondary N) is 1. The minimum Gasteiger partial charge on any atom is -0.369 e. The van der Waals surface area contributed by atoms with Crippen molar-refractivity contribution in [1.29, 1.82) is 5.26 Å². The molecule has 112 valence electrons. The van der Waals surface area contributed by atoms with E-state index in [0.29, 0.717) is 6.04 Å². The Labute approximate surface area is 121 Å². The molecular formula is C15H26N4O. The first-order valence-corrected chi connectivity index (χ1v) is 7.73. The number of carbonyl (C=O) groups is 1. The van der Waals surface area contributed by atoms with E-state index in [1.165, 1.54) is 12.8 Å². The molecule has 1 amide bonds. The van der Waals surface area contributed by atoms with Crippen LogP contribution in [0.15, 0.2) is 0 Å². The number of amides is 1. The Morgan fingerprint density at radius 3 is 2.85 bits per heavy atom. The fourth-order valence-corrected chi connectivity index (χ4v) is 2.99. The lowest BCUT2D eigenvalue weighted by Gasteiger charge is -2.32. The van der Waals surface area contributed by atoms with Crippen LogP contribution >= 0.6 is 0 Å². The molecule has 1 heterocycles. The van der Waals surface area contributed by atoms with Gasteiger partial charge in [0.1, 0.15) is 5.54 Å². The SMILES string of the molecule is CC(C#N)(CCCN1CCCC(C(N)=O)C1)NC1CC1. The molecule has 0 aromatic carbocycles. The first-order valence-electron chi connectivity index (χ1n) is 7.73. The normalized spacial score (nSPS) is 26.7. The number of hydrogen-bond acceptors (Lipinski definition) is 4. The zero-order valence-electron chi connectivity index (χ0n) is 12.4. The number of carbonyl (C=O) groups excluding carboxylic acids is 1. The van der Waals surface area contributed by atoms with Gasteiger partial charge in [0.2, 0.25) is 5.91 Å². The number of hydrogen-bond donors (Lipinski definition) is 2. The maximum Gasteiger partial charge on any atom is 0.221 e. The smallest absolute Gasteiger partial charge is 0.221 e. The van der Waals surface area contributed by atoms with Crippen LogP contribution in [0.4, 0.5) is 0 Å². The number of nitrogens with zero attached hydrogens (tertiary/aromatic N) is 2. The Hall–Kier alpha value is -1.12. The fourth-order valence-electron chi connectivity index (χ4n) is 2.99. The molecule has 0 radical (unpaired) electrons. The van der Waals surface area contributed by atoms with Crippen LogP contribution in [0, 0.1) is 17.2 Å². The number of likely N-dealkylation sites (tertiary alicyclic amines) is 1. The van der Waals surface area contributed by atoms with Crippen LogP contribution < -0.4 is 11.1 Å². The van der Waals surface area contributed by atoms with Gasteiger partial charge in [0.05, 0.1) is 12.0 Å². The summed E-state index contributed by atoms with van der Waals surface area (Å²) in [6.07, 6.45) is 6.20. The largest absolute Gasteiger partial charge is 0.369 e. The van der Waals surface area contributed by atoms with Gasteiger partial charge in [0.25, 0.3) is 0 Å². The summed E-state index contributed by atoms with van der Waals surface area (Å²) >= 11 is 0. The maximum atomic E-state index is 11.3. The third-order valence-corrected chi connectivity index (χ3v) is 4.41. The van der Waals surface area contributed by atoms with Gasteiger partial charge in [-0.15, -0.1) is 0 Å². The third-order valence-electron chi connectivity index (χ3n) is 4.41. The summed E-state index contributed by atoms with van der Waals surface area (Å²) in [4.78, 5) is 13.6. The van der Waals surface area contributed by atoms with Gasteiger partial charge in [0, 0.05) is 12.6 Å². The van der Waals surface area contributed by atoms with Crippen LogP contribution in [-0.4, -0.2) is 42.0 Å². The van der Waals surface area contributed by atoms with Gasteiger partial charge in [0.15, 0.2) is 0 Å². The molecule has 2 atom stereocenters. The average Bonchev–Trinajstić information content (AvgIpc) is 3.23. The minimum absolute atomic E-state index is 0.00990. The fraction of sp³-hybridized carbons (Fsp3) is 0.867. The molecule has 3 N–H and O–H groups in total. The highest BCUT2D eigenvalue weighted by Crippen LogP contribution is 2.25. The van der Waals surface area contributed by atoms with E-state index in [9.17, 15) is 10.1 Å². The van der Waals surface area contributed by atoms with E-state index in [0.717, 1.165) is 45.3 Å². The molecule has 5 heteroatoms. The Balaban J connectivity index is 1.71. The van der Waals surface area contributed by atoms with Crippen molar-refractivity contribution in [2.45, 2.75) is 57.0 Å². The Bertz CT molecular complexity index is 388. The van der Waals surface area contributed by atoms with Crippen molar-refractivity contribution in [3.63, 3.8) is 0 Å². The highest BCUT2D eigenvalue weighted by atomic mass is 16.1. The van der Waals surface area contributed by atoms with Crippen molar-refractivity contribution in [3.05, 3.63) is 0 Å². The molecule has 0 aromatic heterocycles. The summed E-state index contributed by atoms with van der Waals surface area (Å²) in [6, 6.07) is 2.96. The van der Waals surface area contributed by atoms with Crippen LogP contribution in [0.3, 0.4) is 0 Å². The average molecular weight is 278 g/mol. The van der Waals surface area contributed by atoms with Gasteiger partial charge in [-0.2, -0.15) is 5.26 Å². The summed E-state index contributed by atoms with van der Waals surface area (Å²) < 4.78 is 0. The van der Waals surface area contributed by atoms with Gasteiger partial charge < -0.3 is 10.6 Å². The van der Waals surface area contributed by atoms with Gasteiger partial charge in [-0.05, 0) is 58.5 Å². The zero-order valence-corrected chi connectivity index (χ0v) is 12.4. The van der Waals surface area contributed by atoms with Crippen molar-refractivity contribution in [2.75, 3.05) is 19.6 Å². The first kappa shape index (κ1) is 15.3. The molecule has 0 spiro atoms. The van der Waals surface area contributed by atoms with Crippen LogP contribution in [-0.2, 0) is 4.79 Å². The highest BCUT2D eigenvalue weighted by Gasteiger charge is 2.32. The van der Waals surface area contributed by atoms with E-state index in [4.69, 9.17) is 5.73 Å². The van der Waals surface area contributed by atoms with Gasteiger partial charge >= 0.3 is 0 Å². The van der Waals surface area contributed by atoms with Crippen molar-refractivity contribution in [2.24, 2.45) is 11.7 Å². The molecule has 2 unspecified atom stereocenters. The molecule has 0 bridgehead atoms. The van der Waals surface area contributed by atoms with Gasteiger partial charge in [-0.25, -0.2) is 0 Å². The molecular weight excluding hydrogens is 252 g/mol. The van der Waals surface area contributed by atoms with E-state index in [1.54, 1.807) is 0 Å². The second-order valence-corrected chi connectivity index (χ2v) is 6.51. The number of nitrogens with two attached hydrogens (primary N) is 1. The number of rotatable bonds is 7. The second kappa shape index (κ2) is 6.55. The second-order valence-electron chi connectivity index (χ2n) is 6.51. The van der Waals surface area contributed by atoms with Gasteiger partial charge in [-0.3, -0.25) is 10.1 Å². The predicted molar refractivity (Wildman–Crippen MR) is 77.8 cm³/mol. The van der Waals surface area contributed by atoms with Crippen molar-refractivity contribution >= 4 is 5.91 Å². The molecule has 20 heavy (non-hydrogen) atoms. The van der Waals surface area contributed by atoms with E-state index in [-0.39, 0.29) is 11.8 Å². The zero-order chi connectivity index (χ0) is 14.6. The quantitative estimate of drug-likeness (QED) is 0.728. The molecule has 2 rings (SSSR count). The van der Waals surface area contributed by atoms with Crippen LogP contribution in [0.2, 0.25) is 0 Å². The van der Waals surface area contributed by atoms with Crippen molar-refractivity contribution < 1.29 is 4.79 Å². The molecule has 2 aliphatic rings. The molecule has 1 saturated carbocycles. The van der Waals surface area contributed by atoms with E-state index in [1.807, 2.05) is 6.92 Å². The number of piperidine rings is 1. The Kier molecular flexibility index (Phi) is 5.00. The lowest BCUT2D eigenvalue weighted by molar-refractivity contribution is -0.123. The van der Waals surface area contributed by atoms with E-state index >= 15 is 0 Å². The molecule has 1 aliphatic heterocycles. The molecule has 1 aliphatic carbocycles. The predicted octanol–water partition coefficient (Wildman–Crippen LogP) is 0.998. The van der Waals surface area contributed by atoms with E-state index in [2.05, 4.69) is 16.3 Å². The summed E-state index contributed by atoms with van der Waals surface area (Å²) in [6.45, 7) is 4.78. The standard InChI is InChI=1S/C15H26N4O/c1-15(11-16,18-13-5-6-13)7-3-9-19-8-2-4-12(10-19)14(17)20/h12-13,18H,2-10H2,1H3,(H2,17,20). The highest BCUT2D eigenvalue weighted by molar-refractivity contribution is 5.76. The molecule has 1 saturated heterocycles. The third kappa shape index (κ3) is 4.46. The lowest BCUT2D eigenvalue weighted by atomic mass is 9.95.